The molecule has 2 aromatic heterocycles. The third kappa shape index (κ3) is 2.63. The highest BCUT2D eigenvalue weighted by Gasteiger charge is 2.13. The fourth-order valence-corrected chi connectivity index (χ4v) is 3.06. The number of para-hydroxylation sites is 2. The first-order valence-electron chi connectivity index (χ1n) is 8.01. The molecule has 0 aliphatic carbocycles. The van der Waals surface area contributed by atoms with Crippen molar-refractivity contribution in [3.05, 3.63) is 60.6 Å². The van der Waals surface area contributed by atoms with Crippen LogP contribution >= 0.6 is 0 Å². The number of H-pyrrole nitrogens is 1. The Morgan fingerprint density at radius 3 is 2.96 bits per heavy atom. The lowest BCUT2D eigenvalue weighted by Gasteiger charge is -2.15. The summed E-state index contributed by atoms with van der Waals surface area (Å²) in [6.45, 7) is 2.64. The number of nitrogens with zero attached hydrogens (tertiary/aromatic N) is 2. The van der Waals surface area contributed by atoms with Crippen LogP contribution < -0.4 is 4.74 Å². The Balaban J connectivity index is 1.49. The number of nitrogens with one attached hydrogen (secondary N) is 1. The number of aromatic nitrogens is 3. The van der Waals surface area contributed by atoms with Crippen LogP contribution in [0.25, 0.3) is 21.9 Å². The maximum atomic E-state index is 10.4. The number of aryl methyl sites for hydroxylation is 1. The number of hydrogen-bond acceptors (Lipinski definition) is 3. The molecular weight excluding hydrogens is 302 g/mol. The zero-order chi connectivity index (χ0) is 16.5. The fraction of sp³-hybridized carbons (Fsp3) is 0.211. The molecule has 1 atom stereocenters. The Bertz CT molecular complexity index is 987. The molecule has 0 saturated carbocycles. The lowest BCUT2D eigenvalue weighted by molar-refractivity contribution is 0.0937. The number of fused-ring (bicyclic) bond motifs is 2. The van der Waals surface area contributed by atoms with Crippen LogP contribution in [0.5, 0.6) is 5.75 Å². The van der Waals surface area contributed by atoms with Crippen molar-refractivity contribution in [3.63, 3.8) is 0 Å². The van der Waals surface area contributed by atoms with Crippen LogP contribution in [0.15, 0.2) is 54.7 Å². The summed E-state index contributed by atoms with van der Waals surface area (Å²) in [5, 5.41) is 11.4. The second-order valence-corrected chi connectivity index (χ2v) is 5.92. The first-order valence-corrected chi connectivity index (χ1v) is 8.01. The third-order valence-corrected chi connectivity index (χ3v) is 4.22. The minimum atomic E-state index is -0.615. The molecule has 0 bridgehead atoms. The Labute approximate surface area is 139 Å². The van der Waals surface area contributed by atoms with E-state index in [0.29, 0.717) is 6.54 Å². The normalized spacial score (nSPS) is 12.8. The lowest BCUT2D eigenvalue weighted by Crippen LogP contribution is -2.24. The largest absolute Gasteiger partial charge is 0.490 e. The van der Waals surface area contributed by atoms with Gasteiger partial charge in [0, 0.05) is 17.1 Å². The average Bonchev–Trinajstić information content (AvgIpc) is 3.18. The van der Waals surface area contributed by atoms with Gasteiger partial charge in [-0.2, -0.15) is 0 Å². The Hall–Kier alpha value is -2.79. The standard InChI is InChI=1S/C19H19N3O2/c1-13-21-17-5-2-3-7-18(17)22(13)11-14(23)12-24-19-8-4-6-16-15(19)9-10-20-16/h2-10,14,20,23H,11-12H2,1H3. The van der Waals surface area contributed by atoms with E-state index in [1.54, 1.807) is 0 Å². The monoisotopic (exact) mass is 321 g/mol. The molecule has 0 spiro atoms. The van der Waals surface area contributed by atoms with Crippen molar-refractivity contribution in [3.8, 4) is 5.75 Å². The first kappa shape index (κ1) is 14.8. The number of hydrogen-bond donors (Lipinski definition) is 2. The zero-order valence-electron chi connectivity index (χ0n) is 13.4. The average molecular weight is 321 g/mol. The summed E-state index contributed by atoms with van der Waals surface area (Å²) >= 11 is 0. The summed E-state index contributed by atoms with van der Waals surface area (Å²) < 4.78 is 7.86. The number of benzene rings is 2. The molecule has 0 saturated heterocycles. The second-order valence-electron chi connectivity index (χ2n) is 5.92. The molecule has 1 unspecified atom stereocenters. The number of aliphatic hydroxyl groups is 1. The second kappa shape index (κ2) is 6.02. The number of rotatable bonds is 5. The number of aromatic amines is 1. The van der Waals surface area contributed by atoms with Crippen molar-refractivity contribution in [1.82, 2.24) is 14.5 Å². The molecule has 5 nitrogen and oxygen atoms in total. The van der Waals surface area contributed by atoms with Gasteiger partial charge in [0.1, 0.15) is 24.3 Å². The smallest absolute Gasteiger partial charge is 0.128 e. The molecule has 5 heteroatoms. The van der Waals surface area contributed by atoms with Gasteiger partial charge >= 0.3 is 0 Å². The van der Waals surface area contributed by atoms with E-state index in [1.807, 2.05) is 66.2 Å². The van der Waals surface area contributed by atoms with Crippen molar-refractivity contribution in [2.24, 2.45) is 0 Å². The van der Waals surface area contributed by atoms with Gasteiger partial charge in [-0.05, 0) is 37.3 Å². The van der Waals surface area contributed by atoms with Gasteiger partial charge in [-0.25, -0.2) is 4.98 Å². The van der Waals surface area contributed by atoms with Gasteiger partial charge in [0.15, 0.2) is 0 Å². The Morgan fingerprint density at radius 1 is 1.17 bits per heavy atom. The van der Waals surface area contributed by atoms with Crippen molar-refractivity contribution in [1.29, 1.82) is 0 Å². The van der Waals surface area contributed by atoms with Gasteiger partial charge in [-0.1, -0.05) is 18.2 Å². The zero-order valence-corrected chi connectivity index (χ0v) is 13.4. The van der Waals surface area contributed by atoms with E-state index < -0.39 is 6.10 Å². The molecule has 4 rings (SSSR count). The maximum Gasteiger partial charge on any atom is 0.128 e. The lowest BCUT2D eigenvalue weighted by atomic mass is 10.2. The molecule has 2 heterocycles. The van der Waals surface area contributed by atoms with E-state index in [2.05, 4.69) is 9.97 Å². The molecular formula is C19H19N3O2. The molecule has 122 valence electrons. The molecule has 0 aliphatic rings. The van der Waals surface area contributed by atoms with E-state index >= 15 is 0 Å². The Morgan fingerprint density at radius 2 is 2.04 bits per heavy atom. The molecule has 24 heavy (non-hydrogen) atoms. The van der Waals surface area contributed by atoms with Gasteiger partial charge < -0.3 is 19.4 Å². The van der Waals surface area contributed by atoms with Crippen molar-refractivity contribution >= 4 is 21.9 Å². The molecule has 0 fully saturated rings. The highest BCUT2D eigenvalue weighted by atomic mass is 16.5. The first-order chi connectivity index (χ1) is 11.7. The van der Waals surface area contributed by atoms with Crippen LogP contribution in [-0.4, -0.2) is 32.4 Å². The van der Waals surface area contributed by atoms with E-state index in [0.717, 1.165) is 33.5 Å². The highest BCUT2D eigenvalue weighted by molar-refractivity contribution is 5.85. The molecule has 4 aromatic rings. The van der Waals surface area contributed by atoms with Crippen LogP contribution in [-0.2, 0) is 6.54 Å². The molecule has 0 amide bonds. The van der Waals surface area contributed by atoms with E-state index in [1.165, 1.54) is 0 Å². The molecule has 0 aliphatic heterocycles. The van der Waals surface area contributed by atoms with Gasteiger partial charge in [-0.3, -0.25) is 0 Å². The summed E-state index contributed by atoms with van der Waals surface area (Å²) in [5.74, 6) is 1.67. The predicted molar refractivity (Wildman–Crippen MR) is 94.3 cm³/mol. The number of imidazole rings is 1. The van der Waals surface area contributed by atoms with Crippen molar-refractivity contribution in [2.45, 2.75) is 19.6 Å². The van der Waals surface area contributed by atoms with Gasteiger partial charge in [0.05, 0.1) is 17.6 Å². The molecule has 2 aromatic carbocycles. The number of ether oxygens (including phenoxy) is 1. The quantitative estimate of drug-likeness (QED) is 0.593. The Kier molecular flexibility index (Phi) is 3.70. The third-order valence-electron chi connectivity index (χ3n) is 4.22. The van der Waals surface area contributed by atoms with Crippen LogP contribution in [0.1, 0.15) is 5.82 Å². The minimum Gasteiger partial charge on any atom is -0.490 e. The summed E-state index contributed by atoms with van der Waals surface area (Å²) in [5.41, 5.74) is 3.00. The van der Waals surface area contributed by atoms with E-state index in [4.69, 9.17) is 4.74 Å². The van der Waals surface area contributed by atoms with Gasteiger partial charge in [0.2, 0.25) is 0 Å². The van der Waals surface area contributed by atoms with Crippen LogP contribution in [0.4, 0.5) is 0 Å². The number of aliphatic hydroxyl groups excluding tert-OH is 1. The maximum absolute atomic E-state index is 10.4. The van der Waals surface area contributed by atoms with Gasteiger partial charge in [-0.15, -0.1) is 0 Å². The van der Waals surface area contributed by atoms with Crippen molar-refractivity contribution in [2.75, 3.05) is 6.61 Å². The SMILES string of the molecule is Cc1nc2ccccc2n1CC(O)COc1cccc2[nH]ccc12. The van der Waals surface area contributed by atoms with Gasteiger partial charge in [0.25, 0.3) is 0 Å². The molecule has 2 N–H and O–H groups in total. The molecule has 0 radical (unpaired) electrons. The van der Waals surface area contributed by atoms with Crippen molar-refractivity contribution < 1.29 is 9.84 Å². The summed E-state index contributed by atoms with van der Waals surface area (Å²) in [4.78, 5) is 7.68. The summed E-state index contributed by atoms with van der Waals surface area (Å²) in [6.07, 6.45) is 1.27. The summed E-state index contributed by atoms with van der Waals surface area (Å²) in [6, 6.07) is 15.8. The van der Waals surface area contributed by atoms with Crippen LogP contribution in [0.2, 0.25) is 0 Å². The van der Waals surface area contributed by atoms with E-state index in [-0.39, 0.29) is 6.61 Å². The van der Waals surface area contributed by atoms with Crippen LogP contribution in [0, 0.1) is 6.92 Å². The van der Waals surface area contributed by atoms with Crippen LogP contribution in [0.3, 0.4) is 0 Å². The predicted octanol–water partition coefficient (Wildman–Crippen LogP) is 3.27. The fourth-order valence-electron chi connectivity index (χ4n) is 3.06. The van der Waals surface area contributed by atoms with E-state index in [9.17, 15) is 5.11 Å². The topological polar surface area (TPSA) is 63.1 Å². The minimum absolute atomic E-state index is 0.232. The highest BCUT2D eigenvalue weighted by Crippen LogP contribution is 2.24. The summed E-state index contributed by atoms with van der Waals surface area (Å²) in [7, 11) is 0.